The van der Waals surface area contributed by atoms with Gasteiger partial charge in [-0.25, -0.2) is 17.5 Å². The van der Waals surface area contributed by atoms with Gasteiger partial charge in [0.15, 0.2) is 0 Å². The number of nitrogens with one attached hydrogen (secondary N) is 1. The van der Waals surface area contributed by atoms with Gasteiger partial charge in [0.25, 0.3) is 0 Å². The summed E-state index contributed by atoms with van der Waals surface area (Å²) >= 11 is 11.5. The van der Waals surface area contributed by atoms with Crippen molar-refractivity contribution >= 4 is 38.9 Å². The number of sulfonamides is 1. The Morgan fingerprint density at radius 1 is 1.10 bits per heavy atom. The van der Waals surface area contributed by atoms with Crippen LogP contribution in [0.1, 0.15) is 5.56 Å². The first-order valence-corrected chi connectivity index (χ1v) is 8.02. The highest BCUT2D eigenvalue weighted by Gasteiger charge is 2.18. The second-order valence-corrected chi connectivity index (χ2v) is 6.81. The third-order valence-electron chi connectivity index (χ3n) is 2.70. The molecule has 0 spiro atoms. The highest BCUT2D eigenvalue weighted by Crippen LogP contribution is 2.24. The average molecular weight is 349 g/mol. The van der Waals surface area contributed by atoms with Crippen LogP contribution in [-0.2, 0) is 16.6 Å². The minimum absolute atomic E-state index is 0.0482. The van der Waals surface area contributed by atoms with Crippen molar-refractivity contribution in [2.75, 3.05) is 5.73 Å². The molecule has 0 aliphatic rings. The van der Waals surface area contributed by atoms with Gasteiger partial charge in [0.05, 0.1) is 10.0 Å². The Morgan fingerprint density at radius 2 is 1.81 bits per heavy atom. The van der Waals surface area contributed by atoms with Crippen molar-refractivity contribution in [2.24, 2.45) is 0 Å². The third kappa shape index (κ3) is 3.85. The molecule has 2 aromatic carbocycles. The molecule has 0 saturated heterocycles. The maximum absolute atomic E-state index is 13.0. The summed E-state index contributed by atoms with van der Waals surface area (Å²) in [5, 5.41) is -0.0116. The quantitative estimate of drug-likeness (QED) is 0.833. The van der Waals surface area contributed by atoms with Crippen molar-refractivity contribution < 1.29 is 12.8 Å². The zero-order valence-electron chi connectivity index (χ0n) is 10.6. The van der Waals surface area contributed by atoms with Gasteiger partial charge in [-0.1, -0.05) is 29.3 Å². The number of nitrogen functional groups attached to an aromatic ring is 1. The predicted molar refractivity (Wildman–Crippen MR) is 81.3 cm³/mol. The Labute approximate surface area is 131 Å². The zero-order chi connectivity index (χ0) is 15.6. The molecule has 0 radical (unpaired) electrons. The van der Waals surface area contributed by atoms with Crippen LogP contribution in [0.25, 0.3) is 0 Å². The molecule has 2 rings (SSSR count). The van der Waals surface area contributed by atoms with Crippen LogP contribution in [0.5, 0.6) is 0 Å². The lowest BCUT2D eigenvalue weighted by Crippen LogP contribution is -2.23. The third-order valence-corrected chi connectivity index (χ3v) is 4.87. The number of nitrogens with two attached hydrogens (primary N) is 1. The summed E-state index contributed by atoms with van der Waals surface area (Å²) in [5.74, 6) is -0.567. The van der Waals surface area contributed by atoms with Gasteiger partial charge < -0.3 is 5.73 Å². The van der Waals surface area contributed by atoms with Gasteiger partial charge in [-0.15, -0.1) is 0 Å². The van der Waals surface area contributed by atoms with E-state index >= 15 is 0 Å². The van der Waals surface area contributed by atoms with E-state index in [1.54, 1.807) is 0 Å². The first kappa shape index (κ1) is 16.0. The molecule has 21 heavy (non-hydrogen) atoms. The Hall–Kier alpha value is -1.34. The van der Waals surface area contributed by atoms with Gasteiger partial charge in [0.2, 0.25) is 10.0 Å². The Kier molecular flexibility index (Phi) is 4.73. The zero-order valence-corrected chi connectivity index (χ0v) is 12.9. The van der Waals surface area contributed by atoms with Gasteiger partial charge in [-0.3, -0.25) is 0 Å². The molecule has 0 aliphatic heterocycles. The fourth-order valence-electron chi connectivity index (χ4n) is 1.63. The van der Waals surface area contributed by atoms with E-state index in [0.29, 0.717) is 5.56 Å². The second kappa shape index (κ2) is 6.19. The van der Waals surface area contributed by atoms with Crippen molar-refractivity contribution in [3.05, 3.63) is 57.8 Å². The molecule has 0 amide bonds. The average Bonchev–Trinajstić information content (AvgIpc) is 2.43. The molecule has 0 bridgehead atoms. The number of halogens is 3. The summed E-state index contributed by atoms with van der Waals surface area (Å²) in [4.78, 5) is -0.114. The Morgan fingerprint density at radius 3 is 2.48 bits per heavy atom. The standard InChI is InChI=1S/C13H11Cl2FN2O2S/c14-10-3-2-9(17)6-13(10)21(19,20)18-7-8-1-4-12(16)11(15)5-8/h1-6,18H,7,17H2. The van der Waals surface area contributed by atoms with Crippen molar-refractivity contribution in [1.82, 2.24) is 4.72 Å². The van der Waals surface area contributed by atoms with Crippen LogP contribution in [0.4, 0.5) is 10.1 Å². The van der Waals surface area contributed by atoms with Crippen LogP contribution >= 0.6 is 23.2 Å². The minimum Gasteiger partial charge on any atom is -0.399 e. The largest absolute Gasteiger partial charge is 0.399 e. The monoisotopic (exact) mass is 348 g/mol. The summed E-state index contributed by atoms with van der Waals surface area (Å²) in [7, 11) is -3.83. The summed E-state index contributed by atoms with van der Waals surface area (Å²) < 4.78 is 39.7. The van der Waals surface area contributed by atoms with Crippen molar-refractivity contribution in [2.45, 2.75) is 11.4 Å². The van der Waals surface area contributed by atoms with Gasteiger partial charge in [-0.2, -0.15) is 0 Å². The maximum Gasteiger partial charge on any atom is 0.242 e. The summed E-state index contributed by atoms with van der Waals surface area (Å²) in [6.07, 6.45) is 0. The van der Waals surface area contributed by atoms with E-state index < -0.39 is 15.8 Å². The molecule has 0 aliphatic carbocycles. The van der Waals surface area contributed by atoms with E-state index in [4.69, 9.17) is 28.9 Å². The van der Waals surface area contributed by atoms with Crippen molar-refractivity contribution in [3.8, 4) is 0 Å². The lowest BCUT2D eigenvalue weighted by atomic mass is 10.2. The van der Waals surface area contributed by atoms with E-state index in [9.17, 15) is 12.8 Å². The summed E-state index contributed by atoms with van der Waals surface area (Å²) in [6.45, 7) is -0.0482. The molecule has 0 unspecified atom stereocenters. The molecule has 0 atom stereocenters. The predicted octanol–water partition coefficient (Wildman–Crippen LogP) is 3.19. The molecule has 3 N–H and O–H groups in total. The van der Waals surface area contributed by atoms with Gasteiger partial charge in [0.1, 0.15) is 10.7 Å². The first-order valence-electron chi connectivity index (χ1n) is 5.78. The second-order valence-electron chi connectivity index (χ2n) is 4.26. The van der Waals surface area contributed by atoms with Crippen molar-refractivity contribution in [1.29, 1.82) is 0 Å². The molecule has 0 saturated carbocycles. The number of hydrogen-bond acceptors (Lipinski definition) is 3. The van der Waals surface area contributed by atoms with Gasteiger partial charge in [0, 0.05) is 12.2 Å². The first-order chi connectivity index (χ1) is 9.79. The maximum atomic E-state index is 13.0. The molecule has 112 valence electrons. The van der Waals surface area contributed by atoms with E-state index in [-0.39, 0.29) is 27.2 Å². The van der Waals surface area contributed by atoms with Crippen LogP contribution in [0.15, 0.2) is 41.3 Å². The molecule has 4 nitrogen and oxygen atoms in total. The van der Waals surface area contributed by atoms with Crippen LogP contribution in [0, 0.1) is 5.82 Å². The fourth-order valence-corrected chi connectivity index (χ4v) is 3.39. The minimum atomic E-state index is -3.83. The molecular weight excluding hydrogens is 338 g/mol. The fraction of sp³-hybridized carbons (Fsp3) is 0.0769. The van der Waals surface area contributed by atoms with Crippen LogP contribution < -0.4 is 10.5 Å². The smallest absolute Gasteiger partial charge is 0.242 e. The Bertz CT molecular complexity index is 782. The Balaban J connectivity index is 2.21. The van der Waals surface area contributed by atoms with Crippen LogP contribution in [0.2, 0.25) is 10.0 Å². The van der Waals surface area contributed by atoms with E-state index in [0.717, 1.165) is 0 Å². The van der Waals surface area contributed by atoms with E-state index in [2.05, 4.69) is 4.72 Å². The number of benzene rings is 2. The molecular formula is C13H11Cl2FN2O2S. The van der Waals surface area contributed by atoms with Crippen molar-refractivity contribution in [3.63, 3.8) is 0 Å². The normalized spacial score (nSPS) is 11.6. The van der Waals surface area contributed by atoms with E-state index in [1.165, 1.54) is 36.4 Å². The molecule has 8 heteroatoms. The number of anilines is 1. The molecule has 0 aromatic heterocycles. The SMILES string of the molecule is Nc1ccc(Cl)c(S(=O)(=O)NCc2ccc(F)c(Cl)c2)c1. The molecule has 2 aromatic rings. The summed E-state index contributed by atoms with van der Waals surface area (Å²) in [5.41, 5.74) is 6.36. The number of rotatable bonds is 4. The lowest BCUT2D eigenvalue weighted by Gasteiger charge is -2.09. The highest BCUT2D eigenvalue weighted by molar-refractivity contribution is 7.89. The van der Waals surface area contributed by atoms with Gasteiger partial charge >= 0.3 is 0 Å². The van der Waals surface area contributed by atoms with Crippen LogP contribution in [0.3, 0.4) is 0 Å². The summed E-state index contributed by atoms with van der Waals surface area (Å²) in [6, 6.07) is 8.12. The molecule has 0 fully saturated rings. The topological polar surface area (TPSA) is 72.2 Å². The lowest BCUT2D eigenvalue weighted by molar-refractivity contribution is 0.581. The molecule has 0 heterocycles. The van der Waals surface area contributed by atoms with Gasteiger partial charge in [-0.05, 0) is 35.9 Å². The number of hydrogen-bond donors (Lipinski definition) is 2. The van der Waals surface area contributed by atoms with E-state index in [1.807, 2.05) is 0 Å². The highest BCUT2D eigenvalue weighted by atomic mass is 35.5. The van der Waals surface area contributed by atoms with Crippen LogP contribution in [-0.4, -0.2) is 8.42 Å².